The lowest BCUT2D eigenvalue weighted by atomic mass is 10.3. The highest BCUT2D eigenvalue weighted by molar-refractivity contribution is 7.92. The van der Waals surface area contributed by atoms with E-state index in [1.54, 1.807) is 25.3 Å². The van der Waals surface area contributed by atoms with Crippen LogP contribution in [0.1, 0.15) is 6.42 Å². The molecule has 2 rings (SSSR count). The fourth-order valence-corrected chi connectivity index (χ4v) is 3.38. The van der Waals surface area contributed by atoms with Crippen LogP contribution in [0.5, 0.6) is 11.5 Å². The summed E-state index contributed by atoms with van der Waals surface area (Å²) in [6.45, 7) is 1.47. The van der Waals surface area contributed by atoms with Gasteiger partial charge >= 0.3 is 0 Å². The lowest BCUT2D eigenvalue weighted by Crippen LogP contribution is -2.13. The largest absolute Gasteiger partial charge is 0.493 e. The van der Waals surface area contributed by atoms with E-state index in [2.05, 4.69) is 10.0 Å². The van der Waals surface area contributed by atoms with Crippen molar-refractivity contribution in [1.29, 1.82) is 0 Å². The minimum Gasteiger partial charge on any atom is -0.493 e. The first-order chi connectivity index (χ1) is 12.5. The number of rotatable bonds is 10. The lowest BCUT2D eigenvalue weighted by molar-refractivity contribution is 0.198. The van der Waals surface area contributed by atoms with Gasteiger partial charge in [0.25, 0.3) is 10.0 Å². The average Bonchev–Trinajstić information content (AvgIpc) is 2.65. The Bertz CT molecular complexity index is 807. The molecule has 0 atom stereocenters. The summed E-state index contributed by atoms with van der Waals surface area (Å²) in [4.78, 5) is 0.0944. The molecule has 7 nitrogen and oxygen atoms in total. The van der Waals surface area contributed by atoms with Gasteiger partial charge in [0.05, 0.1) is 19.1 Å². The van der Waals surface area contributed by atoms with Crippen molar-refractivity contribution in [3.8, 4) is 11.5 Å². The fourth-order valence-electron chi connectivity index (χ4n) is 2.30. The third-order valence-electron chi connectivity index (χ3n) is 3.66. The maximum absolute atomic E-state index is 12.6. The van der Waals surface area contributed by atoms with Gasteiger partial charge in [0.1, 0.15) is 0 Å². The van der Waals surface area contributed by atoms with Crippen LogP contribution in [0.3, 0.4) is 0 Å². The highest BCUT2D eigenvalue weighted by atomic mass is 32.2. The van der Waals surface area contributed by atoms with Gasteiger partial charge in [0.15, 0.2) is 11.5 Å². The lowest BCUT2D eigenvalue weighted by Gasteiger charge is -2.12. The monoisotopic (exact) mass is 380 g/mol. The molecule has 0 aliphatic heterocycles. The maximum Gasteiger partial charge on any atom is 0.262 e. The highest BCUT2D eigenvalue weighted by Crippen LogP contribution is 2.30. The molecule has 2 N–H and O–H groups in total. The first-order valence-corrected chi connectivity index (χ1v) is 9.56. The molecule has 0 bridgehead atoms. The molecule has 0 aliphatic rings. The summed E-state index contributed by atoms with van der Waals surface area (Å²) in [5.41, 5.74) is 1.39. The molecule has 0 spiro atoms. The summed E-state index contributed by atoms with van der Waals surface area (Å²) in [5, 5.41) is 3.24. The third kappa shape index (κ3) is 5.27. The van der Waals surface area contributed by atoms with Gasteiger partial charge in [-0.3, -0.25) is 4.72 Å². The third-order valence-corrected chi connectivity index (χ3v) is 5.04. The van der Waals surface area contributed by atoms with Gasteiger partial charge < -0.3 is 19.5 Å². The first kappa shape index (κ1) is 19.9. The molecule has 0 aliphatic carbocycles. The zero-order valence-electron chi connectivity index (χ0n) is 15.1. The smallest absolute Gasteiger partial charge is 0.262 e. The summed E-state index contributed by atoms with van der Waals surface area (Å²) in [6.07, 6.45) is 0.893. The van der Waals surface area contributed by atoms with E-state index in [0.717, 1.165) is 18.7 Å². The Morgan fingerprint density at radius 3 is 2.15 bits per heavy atom. The SMILES string of the molecule is COCCCNc1ccc(NS(=O)(=O)c2ccc(OC)c(OC)c2)cc1. The molecule has 142 valence electrons. The van der Waals surface area contributed by atoms with Gasteiger partial charge in [-0.15, -0.1) is 0 Å². The van der Waals surface area contributed by atoms with Gasteiger partial charge in [-0.1, -0.05) is 0 Å². The second kappa shape index (κ2) is 9.30. The quantitative estimate of drug-likeness (QED) is 0.617. The standard InChI is InChI=1S/C18H24N2O5S/c1-23-12-4-11-19-14-5-7-15(8-6-14)20-26(21,22)16-9-10-17(24-2)18(13-16)25-3/h5-10,13,19-20H,4,11-12H2,1-3H3. The van der Waals surface area contributed by atoms with Crippen LogP contribution in [0.15, 0.2) is 47.4 Å². The zero-order valence-corrected chi connectivity index (χ0v) is 15.9. The van der Waals surface area contributed by atoms with Crippen molar-refractivity contribution in [2.24, 2.45) is 0 Å². The molecular weight excluding hydrogens is 356 g/mol. The molecule has 0 radical (unpaired) electrons. The summed E-state index contributed by atoms with van der Waals surface area (Å²) < 4.78 is 43.0. The van der Waals surface area contributed by atoms with Crippen LogP contribution in [-0.2, 0) is 14.8 Å². The molecule has 2 aromatic carbocycles. The molecule has 0 aromatic heterocycles. The second-order valence-electron chi connectivity index (χ2n) is 5.47. The molecule has 2 aromatic rings. The van der Waals surface area contributed by atoms with E-state index in [4.69, 9.17) is 14.2 Å². The first-order valence-electron chi connectivity index (χ1n) is 8.08. The van der Waals surface area contributed by atoms with Crippen molar-refractivity contribution >= 4 is 21.4 Å². The van der Waals surface area contributed by atoms with Crippen LogP contribution in [0.4, 0.5) is 11.4 Å². The zero-order chi connectivity index (χ0) is 19.0. The van der Waals surface area contributed by atoms with Crippen molar-refractivity contribution in [3.63, 3.8) is 0 Å². The molecule has 0 fully saturated rings. The normalized spacial score (nSPS) is 11.0. The Hall–Kier alpha value is -2.45. The van der Waals surface area contributed by atoms with Gasteiger partial charge in [0, 0.05) is 37.7 Å². The molecular formula is C18H24N2O5S. The minimum atomic E-state index is -3.73. The van der Waals surface area contributed by atoms with Crippen LogP contribution in [-0.4, -0.2) is 42.9 Å². The van der Waals surface area contributed by atoms with E-state index in [1.165, 1.54) is 26.4 Å². The number of nitrogens with one attached hydrogen (secondary N) is 2. The molecule has 0 heterocycles. The number of sulfonamides is 1. The van der Waals surface area contributed by atoms with Gasteiger partial charge in [-0.2, -0.15) is 0 Å². The average molecular weight is 380 g/mol. The van der Waals surface area contributed by atoms with Crippen LogP contribution >= 0.6 is 0 Å². The van der Waals surface area contributed by atoms with E-state index in [0.29, 0.717) is 23.8 Å². The van der Waals surface area contributed by atoms with Gasteiger partial charge in [-0.05, 0) is 42.8 Å². The maximum atomic E-state index is 12.6. The van der Waals surface area contributed by atoms with E-state index < -0.39 is 10.0 Å². The van der Waals surface area contributed by atoms with Gasteiger partial charge in [0.2, 0.25) is 0 Å². The Morgan fingerprint density at radius 2 is 1.54 bits per heavy atom. The van der Waals surface area contributed by atoms with Crippen molar-refractivity contribution < 1.29 is 22.6 Å². The number of anilines is 2. The molecule has 0 amide bonds. The summed E-state index contributed by atoms with van der Waals surface area (Å²) in [5.74, 6) is 0.821. The molecule has 0 unspecified atom stereocenters. The Kier molecular flexibility index (Phi) is 7.11. The summed E-state index contributed by atoms with van der Waals surface area (Å²) in [6, 6.07) is 11.5. The Morgan fingerprint density at radius 1 is 0.885 bits per heavy atom. The number of methoxy groups -OCH3 is 3. The van der Waals surface area contributed by atoms with Crippen LogP contribution in [0.2, 0.25) is 0 Å². The summed E-state index contributed by atoms with van der Waals surface area (Å²) >= 11 is 0. The molecule has 8 heteroatoms. The topological polar surface area (TPSA) is 85.9 Å². The van der Waals surface area contributed by atoms with E-state index in [1.807, 2.05) is 12.1 Å². The molecule has 0 saturated heterocycles. The number of hydrogen-bond donors (Lipinski definition) is 2. The minimum absolute atomic E-state index is 0.0944. The Labute approximate surface area is 154 Å². The predicted octanol–water partition coefficient (Wildman–Crippen LogP) is 2.95. The fraction of sp³-hybridized carbons (Fsp3) is 0.333. The van der Waals surface area contributed by atoms with Gasteiger partial charge in [-0.25, -0.2) is 8.42 Å². The second-order valence-corrected chi connectivity index (χ2v) is 7.16. The number of ether oxygens (including phenoxy) is 3. The number of hydrogen-bond acceptors (Lipinski definition) is 6. The molecule has 26 heavy (non-hydrogen) atoms. The summed E-state index contributed by atoms with van der Waals surface area (Å²) in [7, 11) is 0.889. The van der Waals surface area contributed by atoms with Crippen molar-refractivity contribution in [2.75, 3.05) is 44.5 Å². The van der Waals surface area contributed by atoms with E-state index in [-0.39, 0.29) is 4.90 Å². The number of benzene rings is 2. The van der Waals surface area contributed by atoms with Crippen LogP contribution < -0.4 is 19.5 Å². The Balaban J connectivity index is 2.07. The molecule has 0 saturated carbocycles. The van der Waals surface area contributed by atoms with Crippen LogP contribution in [0.25, 0.3) is 0 Å². The highest BCUT2D eigenvalue weighted by Gasteiger charge is 2.17. The van der Waals surface area contributed by atoms with E-state index in [9.17, 15) is 8.42 Å². The van der Waals surface area contributed by atoms with Crippen molar-refractivity contribution in [1.82, 2.24) is 0 Å². The van der Waals surface area contributed by atoms with E-state index >= 15 is 0 Å². The van der Waals surface area contributed by atoms with Crippen molar-refractivity contribution in [2.45, 2.75) is 11.3 Å². The predicted molar refractivity (Wildman–Crippen MR) is 102 cm³/mol. The van der Waals surface area contributed by atoms with Crippen molar-refractivity contribution in [3.05, 3.63) is 42.5 Å². The van der Waals surface area contributed by atoms with Crippen LogP contribution in [0, 0.1) is 0 Å².